The zero-order valence-corrected chi connectivity index (χ0v) is 12.8. The maximum absolute atomic E-state index is 12.5. The summed E-state index contributed by atoms with van der Waals surface area (Å²) in [5.74, 6) is 0.481. The second kappa shape index (κ2) is 6.99. The van der Waals surface area contributed by atoms with E-state index in [-0.39, 0.29) is 5.91 Å². The molecule has 1 heterocycles. The maximum atomic E-state index is 12.5. The first kappa shape index (κ1) is 15.2. The van der Waals surface area contributed by atoms with Crippen molar-refractivity contribution >= 4 is 16.7 Å². The van der Waals surface area contributed by atoms with E-state index >= 15 is 0 Å². The van der Waals surface area contributed by atoms with Gasteiger partial charge < -0.3 is 9.64 Å². The second-order valence-corrected chi connectivity index (χ2v) is 6.43. The zero-order chi connectivity index (χ0) is 14.5. The third-order valence-corrected chi connectivity index (χ3v) is 4.54. The quantitative estimate of drug-likeness (QED) is 0.834. The first-order valence-corrected chi connectivity index (χ1v) is 8.48. The number of carbonyl (C=O) groups excluding carboxylic acids is 1. The van der Waals surface area contributed by atoms with E-state index in [0.29, 0.717) is 18.0 Å². The fourth-order valence-electron chi connectivity index (χ4n) is 2.37. The molecule has 1 amide bonds. The molecular weight excluding hydrogens is 274 g/mol. The molecule has 2 unspecified atom stereocenters. The summed E-state index contributed by atoms with van der Waals surface area (Å²) in [4.78, 5) is 15.1. The van der Waals surface area contributed by atoms with Crippen LogP contribution in [0, 0.1) is 5.92 Å². The Morgan fingerprint density at radius 3 is 2.60 bits per heavy atom. The molecule has 20 heavy (non-hydrogen) atoms. The third-order valence-electron chi connectivity index (χ3n) is 3.60. The minimum atomic E-state index is -1.01. The number of hydrogen-bond acceptors (Lipinski definition) is 3. The van der Waals surface area contributed by atoms with Crippen molar-refractivity contribution in [3.63, 3.8) is 0 Å². The summed E-state index contributed by atoms with van der Waals surface area (Å²) < 4.78 is 16.7. The molecule has 0 N–H and O–H groups in total. The largest absolute Gasteiger partial charge is 0.381 e. The summed E-state index contributed by atoms with van der Waals surface area (Å²) in [7, 11) is -1.01. The predicted octanol–water partition coefficient (Wildman–Crippen LogP) is 1.92. The lowest BCUT2D eigenvalue weighted by molar-refractivity contribution is 0.0730. The van der Waals surface area contributed by atoms with Gasteiger partial charge in [-0.05, 0) is 37.6 Å². The zero-order valence-electron chi connectivity index (χ0n) is 12.0. The van der Waals surface area contributed by atoms with E-state index in [2.05, 4.69) is 0 Å². The molecule has 0 radical (unpaired) electrons. The van der Waals surface area contributed by atoms with Crippen molar-refractivity contribution in [3.05, 3.63) is 29.8 Å². The average molecular weight is 295 g/mol. The van der Waals surface area contributed by atoms with Crippen LogP contribution in [0.1, 0.15) is 23.7 Å². The minimum absolute atomic E-state index is 0.0350. The lowest BCUT2D eigenvalue weighted by Crippen LogP contribution is -2.35. The molecule has 0 saturated carbocycles. The highest BCUT2D eigenvalue weighted by Crippen LogP contribution is 2.16. The molecule has 4 nitrogen and oxygen atoms in total. The Bertz CT molecular complexity index is 480. The molecule has 1 saturated heterocycles. The van der Waals surface area contributed by atoms with Gasteiger partial charge in [0.15, 0.2) is 0 Å². The Labute approximate surface area is 122 Å². The number of rotatable bonds is 5. The van der Waals surface area contributed by atoms with Crippen molar-refractivity contribution in [1.29, 1.82) is 0 Å². The normalized spacial score (nSPS) is 19.8. The molecule has 1 aromatic carbocycles. The molecule has 0 aliphatic carbocycles. The van der Waals surface area contributed by atoms with Gasteiger partial charge in [-0.1, -0.05) is 0 Å². The Balaban J connectivity index is 2.05. The molecule has 1 aliphatic rings. The van der Waals surface area contributed by atoms with Crippen LogP contribution in [-0.2, 0) is 15.5 Å². The molecule has 1 aliphatic heterocycles. The topological polar surface area (TPSA) is 46.6 Å². The molecule has 2 rings (SSSR count). The lowest BCUT2D eigenvalue weighted by atomic mass is 10.1. The summed E-state index contributed by atoms with van der Waals surface area (Å²) in [5, 5.41) is 0. The highest BCUT2D eigenvalue weighted by atomic mass is 32.2. The third kappa shape index (κ3) is 3.67. The van der Waals surface area contributed by atoms with Gasteiger partial charge in [0.25, 0.3) is 5.91 Å². The van der Waals surface area contributed by atoms with Gasteiger partial charge in [-0.2, -0.15) is 0 Å². The smallest absolute Gasteiger partial charge is 0.253 e. The maximum Gasteiger partial charge on any atom is 0.253 e. The standard InChI is InChI=1S/C15H21NO3S/c1-3-16(10-12-8-9-19-11-12)15(17)13-4-6-14(7-5-13)20(2)18/h4-7,12H,3,8-11H2,1-2H3. The summed E-state index contributed by atoms with van der Waals surface area (Å²) in [6.45, 7) is 4.97. The highest BCUT2D eigenvalue weighted by Gasteiger charge is 2.22. The number of amides is 1. The molecule has 110 valence electrons. The van der Waals surface area contributed by atoms with E-state index in [9.17, 15) is 9.00 Å². The number of nitrogens with zero attached hydrogens (tertiary/aromatic N) is 1. The SMILES string of the molecule is CCN(CC1CCOC1)C(=O)c1ccc(S(C)=O)cc1. The van der Waals surface area contributed by atoms with Gasteiger partial charge >= 0.3 is 0 Å². The monoisotopic (exact) mass is 295 g/mol. The fraction of sp³-hybridized carbons (Fsp3) is 0.533. The van der Waals surface area contributed by atoms with Crippen molar-refractivity contribution in [2.75, 3.05) is 32.6 Å². The summed E-state index contributed by atoms with van der Waals surface area (Å²) >= 11 is 0. The Kier molecular flexibility index (Phi) is 5.31. The van der Waals surface area contributed by atoms with E-state index in [1.54, 1.807) is 30.5 Å². The van der Waals surface area contributed by atoms with Crippen LogP contribution in [0.25, 0.3) is 0 Å². The van der Waals surface area contributed by atoms with Gasteiger partial charge in [-0.15, -0.1) is 0 Å². The predicted molar refractivity (Wildman–Crippen MR) is 79.3 cm³/mol. The molecule has 1 aromatic rings. The van der Waals surface area contributed by atoms with Crippen LogP contribution < -0.4 is 0 Å². The van der Waals surface area contributed by atoms with Crippen LogP contribution in [0.15, 0.2) is 29.2 Å². The summed E-state index contributed by atoms with van der Waals surface area (Å²) in [5.41, 5.74) is 0.653. The summed E-state index contributed by atoms with van der Waals surface area (Å²) in [6.07, 6.45) is 2.66. The number of benzene rings is 1. The lowest BCUT2D eigenvalue weighted by Gasteiger charge is -2.23. The second-order valence-electron chi connectivity index (χ2n) is 5.05. The van der Waals surface area contributed by atoms with Crippen molar-refractivity contribution in [2.24, 2.45) is 5.92 Å². The highest BCUT2D eigenvalue weighted by molar-refractivity contribution is 7.84. The van der Waals surface area contributed by atoms with Gasteiger partial charge in [0, 0.05) is 53.1 Å². The van der Waals surface area contributed by atoms with E-state index in [0.717, 1.165) is 31.1 Å². The minimum Gasteiger partial charge on any atom is -0.381 e. The molecule has 1 fully saturated rings. The Morgan fingerprint density at radius 1 is 1.40 bits per heavy atom. The van der Waals surface area contributed by atoms with Crippen molar-refractivity contribution in [2.45, 2.75) is 18.2 Å². The van der Waals surface area contributed by atoms with E-state index in [4.69, 9.17) is 4.74 Å². The molecule has 2 atom stereocenters. The molecule has 5 heteroatoms. The number of carbonyl (C=O) groups is 1. The van der Waals surface area contributed by atoms with Gasteiger partial charge in [-0.3, -0.25) is 9.00 Å². The van der Waals surface area contributed by atoms with E-state index in [1.165, 1.54) is 0 Å². The molecular formula is C15H21NO3S. The molecule has 0 bridgehead atoms. The van der Waals surface area contributed by atoms with Crippen LogP contribution in [0.2, 0.25) is 0 Å². The Hall–Kier alpha value is -1.20. The van der Waals surface area contributed by atoms with Gasteiger partial charge in [0.2, 0.25) is 0 Å². The van der Waals surface area contributed by atoms with Crippen LogP contribution in [0.5, 0.6) is 0 Å². The molecule has 0 aromatic heterocycles. The van der Waals surface area contributed by atoms with Gasteiger partial charge in [0.1, 0.15) is 0 Å². The van der Waals surface area contributed by atoms with Crippen molar-refractivity contribution in [3.8, 4) is 0 Å². The van der Waals surface area contributed by atoms with Crippen molar-refractivity contribution < 1.29 is 13.7 Å². The van der Waals surface area contributed by atoms with Gasteiger partial charge in [0.05, 0.1) is 6.61 Å². The van der Waals surface area contributed by atoms with Crippen molar-refractivity contribution in [1.82, 2.24) is 4.90 Å². The van der Waals surface area contributed by atoms with Crippen LogP contribution in [0.3, 0.4) is 0 Å². The molecule has 0 spiro atoms. The van der Waals surface area contributed by atoms with Crippen LogP contribution in [0.4, 0.5) is 0 Å². The Morgan fingerprint density at radius 2 is 2.10 bits per heavy atom. The van der Waals surface area contributed by atoms with Crippen LogP contribution in [-0.4, -0.2) is 47.6 Å². The first-order valence-electron chi connectivity index (χ1n) is 6.92. The van der Waals surface area contributed by atoms with Gasteiger partial charge in [-0.25, -0.2) is 0 Å². The van der Waals surface area contributed by atoms with E-state index in [1.807, 2.05) is 11.8 Å². The average Bonchev–Trinajstić information content (AvgIpc) is 2.97. The number of hydrogen-bond donors (Lipinski definition) is 0. The first-order chi connectivity index (χ1) is 9.61. The summed E-state index contributed by atoms with van der Waals surface area (Å²) in [6, 6.07) is 7.03. The fourth-order valence-corrected chi connectivity index (χ4v) is 2.89. The number of ether oxygens (including phenoxy) is 1. The van der Waals surface area contributed by atoms with Crippen LogP contribution >= 0.6 is 0 Å². The van der Waals surface area contributed by atoms with E-state index < -0.39 is 10.8 Å².